The zero-order chi connectivity index (χ0) is 19.6. The number of benzene rings is 2. The lowest BCUT2D eigenvalue weighted by Crippen LogP contribution is -2.21. The van der Waals surface area contributed by atoms with Gasteiger partial charge in [0, 0.05) is 5.69 Å². The Hall–Kier alpha value is -2.82. The molecule has 1 amide bonds. The normalized spacial score (nSPS) is 11.5. The Kier molecular flexibility index (Phi) is 7.86. The maximum Gasteiger partial charge on any atom is 0.309 e. The van der Waals surface area contributed by atoms with Crippen LogP contribution in [0.15, 0.2) is 48.5 Å². The van der Waals surface area contributed by atoms with Crippen molar-refractivity contribution in [1.82, 2.24) is 0 Å². The second-order valence-corrected chi connectivity index (χ2v) is 6.55. The maximum absolute atomic E-state index is 11.9. The Labute approximate surface area is 160 Å². The van der Waals surface area contributed by atoms with Crippen LogP contribution < -0.4 is 10.1 Å². The first kappa shape index (κ1) is 20.5. The summed E-state index contributed by atoms with van der Waals surface area (Å²) < 4.78 is 10.5. The Bertz CT molecular complexity index is 738. The molecule has 27 heavy (non-hydrogen) atoms. The molecule has 2 aromatic rings. The summed E-state index contributed by atoms with van der Waals surface area (Å²) in [5.74, 6) is 0.355. The van der Waals surface area contributed by atoms with Crippen LogP contribution in [0.25, 0.3) is 0 Å². The first-order valence-corrected chi connectivity index (χ1v) is 9.23. The van der Waals surface area contributed by atoms with Crippen LogP contribution in [0.4, 0.5) is 5.69 Å². The van der Waals surface area contributed by atoms with Crippen molar-refractivity contribution in [2.75, 3.05) is 18.5 Å². The van der Waals surface area contributed by atoms with E-state index in [0.717, 1.165) is 12.0 Å². The summed E-state index contributed by atoms with van der Waals surface area (Å²) in [6, 6.07) is 15.3. The van der Waals surface area contributed by atoms with Gasteiger partial charge in [-0.05, 0) is 49.1 Å². The molecule has 5 heteroatoms. The van der Waals surface area contributed by atoms with Gasteiger partial charge in [0.15, 0.2) is 6.61 Å². The number of aryl methyl sites for hydroxylation is 1. The first-order chi connectivity index (χ1) is 13.0. The number of nitrogens with one attached hydrogen (secondary N) is 1. The van der Waals surface area contributed by atoms with Crippen molar-refractivity contribution < 1.29 is 19.1 Å². The van der Waals surface area contributed by atoms with Crippen molar-refractivity contribution in [3.05, 3.63) is 59.7 Å². The standard InChI is InChI=1S/C22H27NO4/c1-4-17(3)18-7-9-19(10-8-18)23-21(24)15-27-22(25)13-14-26-20-11-5-16(2)6-12-20/h5-12,17H,4,13-15H2,1-3H3,(H,23,24)/t17-/m1/s1. The molecule has 0 saturated carbocycles. The highest BCUT2D eigenvalue weighted by Crippen LogP contribution is 2.20. The quantitative estimate of drug-likeness (QED) is 0.663. The summed E-state index contributed by atoms with van der Waals surface area (Å²) in [5.41, 5.74) is 3.06. The first-order valence-electron chi connectivity index (χ1n) is 9.23. The van der Waals surface area contributed by atoms with Crippen molar-refractivity contribution >= 4 is 17.6 Å². The van der Waals surface area contributed by atoms with E-state index in [-0.39, 0.29) is 25.5 Å². The van der Waals surface area contributed by atoms with E-state index >= 15 is 0 Å². The molecular weight excluding hydrogens is 342 g/mol. The molecule has 0 aliphatic rings. The van der Waals surface area contributed by atoms with Gasteiger partial charge in [0.05, 0.1) is 13.0 Å². The minimum atomic E-state index is -0.468. The zero-order valence-electron chi connectivity index (χ0n) is 16.2. The fourth-order valence-corrected chi connectivity index (χ4v) is 2.43. The van der Waals surface area contributed by atoms with Crippen molar-refractivity contribution in [1.29, 1.82) is 0 Å². The van der Waals surface area contributed by atoms with Gasteiger partial charge in [-0.25, -0.2) is 0 Å². The topological polar surface area (TPSA) is 64.6 Å². The summed E-state index contributed by atoms with van der Waals surface area (Å²) in [5, 5.41) is 2.72. The number of hydrogen-bond donors (Lipinski definition) is 1. The van der Waals surface area contributed by atoms with Crippen LogP contribution in [-0.2, 0) is 14.3 Å². The van der Waals surface area contributed by atoms with Crippen molar-refractivity contribution in [2.24, 2.45) is 0 Å². The molecule has 0 heterocycles. The van der Waals surface area contributed by atoms with Gasteiger partial charge in [0.25, 0.3) is 5.91 Å². The zero-order valence-corrected chi connectivity index (χ0v) is 16.2. The Morgan fingerprint density at radius 2 is 1.70 bits per heavy atom. The second kappa shape index (κ2) is 10.4. The predicted molar refractivity (Wildman–Crippen MR) is 106 cm³/mol. The summed E-state index contributed by atoms with van der Waals surface area (Å²) in [6.45, 7) is 6.19. The van der Waals surface area contributed by atoms with Crippen molar-refractivity contribution in [3.8, 4) is 5.75 Å². The smallest absolute Gasteiger partial charge is 0.309 e. The number of esters is 1. The van der Waals surface area contributed by atoms with Crippen LogP contribution >= 0.6 is 0 Å². The number of rotatable bonds is 9. The number of anilines is 1. The van der Waals surface area contributed by atoms with Gasteiger partial charge in [-0.1, -0.05) is 43.7 Å². The number of ether oxygens (including phenoxy) is 2. The van der Waals surface area contributed by atoms with Gasteiger partial charge >= 0.3 is 5.97 Å². The Morgan fingerprint density at radius 3 is 2.33 bits per heavy atom. The van der Waals surface area contributed by atoms with E-state index < -0.39 is 5.97 Å². The Morgan fingerprint density at radius 1 is 1.04 bits per heavy atom. The highest BCUT2D eigenvalue weighted by atomic mass is 16.5. The van der Waals surface area contributed by atoms with Gasteiger partial charge in [0.1, 0.15) is 5.75 Å². The lowest BCUT2D eigenvalue weighted by atomic mass is 9.99. The number of carbonyl (C=O) groups is 2. The largest absolute Gasteiger partial charge is 0.493 e. The molecule has 0 aromatic heterocycles. The average Bonchev–Trinajstić information content (AvgIpc) is 2.68. The van der Waals surface area contributed by atoms with E-state index in [9.17, 15) is 9.59 Å². The van der Waals surface area contributed by atoms with E-state index in [1.54, 1.807) is 0 Å². The molecule has 1 atom stereocenters. The van der Waals surface area contributed by atoms with Crippen LogP contribution in [-0.4, -0.2) is 25.1 Å². The van der Waals surface area contributed by atoms with Crippen LogP contribution in [0.5, 0.6) is 5.75 Å². The monoisotopic (exact) mass is 369 g/mol. The summed E-state index contributed by atoms with van der Waals surface area (Å²) in [6.07, 6.45) is 1.15. The van der Waals surface area contributed by atoms with Gasteiger partial charge in [-0.15, -0.1) is 0 Å². The molecule has 0 spiro atoms. The van der Waals surface area contributed by atoms with E-state index in [0.29, 0.717) is 17.4 Å². The molecule has 0 bridgehead atoms. The molecule has 1 N–H and O–H groups in total. The van der Waals surface area contributed by atoms with Crippen molar-refractivity contribution in [3.63, 3.8) is 0 Å². The molecule has 2 rings (SSSR count). The van der Waals surface area contributed by atoms with E-state index in [1.165, 1.54) is 5.56 Å². The molecule has 0 aliphatic carbocycles. The van der Waals surface area contributed by atoms with Gasteiger partial charge in [-0.3, -0.25) is 9.59 Å². The van der Waals surface area contributed by atoms with Crippen LogP contribution in [0.2, 0.25) is 0 Å². The van der Waals surface area contributed by atoms with E-state index in [2.05, 4.69) is 19.2 Å². The van der Waals surface area contributed by atoms with E-state index in [4.69, 9.17) is 9.47 Å². The predicted octanol–water partition coefficient (Wildman–Crippen LogP) is 4.46. The molecular formula is C22H27NO4. The fraction of sp³-hybridized carbons (Fsp3) is 0.364. The number of hydrogen-bond acceptors (Lipinski definition) is 4. The third kappa shape index (κ3) is 7.13. The minimum Gasteiger partial charge on any atom is -0.493 e. The Balaban J connectivity index is 1.67. The van der Waals surface area contributed by atoms with E-state index in [1.807, 2.05) is 55.5 Å². The molecule has 5 nitrogen and oxygen atoms in total. The molecule has 144 valence electrons. The number of carbonyl (C=O) groups excluding carboxylic acids is 2. The fourth-order valence-electron chi connectivity index (χ4n) is 2.43. The van der Waals surface area contributed by atoms with Crippen LogP contribution in [0.3, 0.4) is 0 Å². The van der Waals surface area contributed by atoms with Crippen molar-refractivity contribution in [2.45, 2.75) is 39.5 Å². The minimum absolute atomic E-state index is 0.0881. The third-order valence-electron chi connectivity index (χ3n) is 4.34. The lowest BCUT2D eigenvalue weighted by Gasteiger charge is -2.11. The molecule has 2 aromatic carbocycles. The van der Waals surface area contributed by atoms with Crippen LogP contribution in [0.1, 0.15) is 43.7 Å². The maximum atomic E-state index is 11.9. The average molecular weight is 369 g/mol. The molecule has 0 aliphatic heterocycles. The molecule has 0 fully saturated rings. The summed E-state index contributed by atoms with van der Waals surface area (Å²) in [4.78, 5) is 23.6. The lowest BCUT2D eigenvalue weighted by molar-refractivity contribution is -0.147. The van der Waals surface area contributed by atoms with Gasteiger partial charge in [-0.2, -0.15) is 0 Å². The molecule has 0 radical (unpaired) electrons. The highest BCUT2D eigenvalue weighted by molar-refractivity contribution is 5.92. The molecule has 0 unspecified atom stereocenters. The summed E-state index contributed by atoms with van der Waals surface area (Å²) in [7, 11) is 0. The molecule has 0 saturated heterocycles. The third-order valence-corrected chi connectivity index (χ3v) is 4.34. The highest BCUT2D eigenvalue weighted by Gasteiger charge is 2.09. The SMILES string of the molecule is CC[C@@H](C)c1ccc(NC(=O)COC(=O)CCOc2ccc(C)cc2)cc1. The number of amides is 1. The van der Waals surface area contributed by atoms with Gasteiger partial charge < -0.3 is 14.8 Å². The summed E-state index contributed by atoms with van der Waals surface area (Å²) >= 11 is 0. The van der Waals surface area contributed by atoms with Crippen LogP contribution in [0, 0.1) is 6.92 Å². The second-order valence-electron chi connectivity index (χ2n) is 6.55. The van der Waals surface area contributed by atoms with Gasteiger partial charge in [0.2, 0.25) is 0 Å².